The molecule has 284 valence electrons. The Morgan fingerprint density at radius 3 is 2.00 bits per heavy atom. The van der Waals surface area contributed by atoms with Gasteiger partial charge in [-0.15, -0.1) is 5.10 Å². The number of benzene rings is 2. The highest BCUT2D eigenvalue weighted by atomic mass is 19.4. The van der Waals surface area contributed by atoms with E-state index in [0.29, 0.717) is 44.2 Å². The minimum Gasteiger partial charge on any atom is -0.466 e. The lowest BCUT2D eigenvalue weighted by Crippen LogP contribution is -2.50. The summed E-state index contributed by atoms with van der Waals surface area (Å²) in [6.45, 7) is 3.04. The summed E-state index contributed by atoms with van der Waals surface area (Å²) < 4.78 is 130. The highest BCUT2D eigenvalue weighted by molar-refractivity contribution is 5.97. The average Bonchev–Trinajstić information content (AvgIpc) is 3.50. The van der Waals surface area contributed by atoms with Crippen LogP contribution in [0.4, 0.5) is 51.1 Å². The van der Waals surface area contributed by atoms with Gasteiger partial charge in [0.15, 0.2) is 0 Å². The number of amides is 1. The van der Waals surface area contributed by atoms with Crippen molar-refractivity contribution in [2.24, 2.45) is 18.9 Å². The molecule has 0 bridgehead atoms. The lowest BCUT2D eigenvalue weighted by atomic mass is 9.79. The zero-order chi connectivity index (χ0) is 38.2. The Hall–Kier alpha value is -4.38. The topological polar surface area (TPSA) is 93.5 Å². The zero-order valence-corrected chi connectivity index (χ0v) is 28.4. The molecule has 2 aliphatic rings. The fourth-order valence-corrected chi connectivity index (χ4v) is 7.13. The third-order valence-electron chi connectivity index (χ3n) is 9.63. The molecule has 2 atom stereocenters. The highest BCUT2D eigenvalue weighted by Crippen LogP contribution is 2.47. The molecule has 0 spiro atoms. The van der Waals surface area contributed by atoms with Crippen molar-refractivity contribution in [3.8, 4) is 0 Å². The molecular weight excluding hydrogens is 711 g/mol. The maximum absolute atomic E-state index is 14.2. The highest BCUT2D eigenvalue weighted by Gasteiger charge is 2.44. The van der Waals surface area contributed by atoms with Gasteiger partial charge in [-0.2, -0.15) is 44.3 Å². The molecule has 5 rings (SSSR count). The molecule has 2 heterocycles. The molecule has 1 aliphatic carbocycles. The van der Waals surface area contributed by atoms with E-state index in [1.807, 2.05) is 0 Å². The van der Waals surface area contributed by atoms with E-state index in [1.165, 1.54) is 22.9 Å². The summed E-state index contributed by atoms with van der Waals surface area (Å²) in [6, 6.07) is 2.15. The Balaban J connectivity index is 1.57. The van der Waals surface area contributed by atoms with Crippen molar-refractivity contribution in [1.29, 1.82) is 0 Å². The molecule has 0 saturated heterocycles. The van der Waals surface area contributed by atoms with Gasteiger partial charge in [-0.1, -0.05) is 12.0 Å². The van der Waals surface area contributed by atoms with Crippen LogP contribution in [0, 0.1) is 11.8 Å². The summed E-state index contributed by atoms with van der Waals surface area (Å²) >= 11 is 0. The number of carbonyl (C=O) groups is 2. The molecule has 9 nitrogen and oxygen atoms in total. The quantitative estimate of drug-likeness (QED) is 0.161. The number of hydrogen-bond donors (Lipinski definition) is 0. The molecule has 1 fully saturated rings. The molecular formula is C34H37F9N6O3. The minimum atomic E-state index is -5.14. The van der Waals surface area contributed by atoms with Crippen LogP contribution < -0.4 is 9.80 Å². The number of carbonyl (C=O) groups excluding carboxylic acids is 2. The van der Waals surface area contributed by atoms with E-state index in [-0.39, 0.29) is 60.5 Å². The van der Waals surface area contributed by atoms with Gasteiger partial charge in [0, 0.05) is 30.6 Å². The molecule has 18 heteroatoms. The van der Waals surface area contributed by atoms with E-state index in [9.17, 15) is 49.1 Å². The van der Waals surface area contributed by atoms with E-state index in [4.69, 9.17) is 4.74 Å². The van der Waals surface area contributed by atoms with Gasteiger partial charge in [-0.25, -0.2) is 0 Å². The molecule has 52 heavy (non-hydrogen) atoms. The van der Waals surface area contributed by atoms with Gasteiger partial charge < -0.3 is 14.5 Å². The number of halogens is 9. The summed E-state index contributed by atoms with van der Waals surface area (Å²) in [6.07, 6.45) is -12.7. The van der Waals surface area contributed by atoms with Crippen molar-refractivity contribution in [2.45, 2.75) is 96.0 Å². The number of rotatable bonds is 9. The van der Waals surface area contributed by atoms with Crippen LogP contribution in [0.1, 0.15) is 92.7 Å². The second kappa shape index (κ2) is 14.9. The second-order valence-electron chi connectivity index (χ2n) is 13.1. The zero-order valence-electron chi connectivity index (χ0n) is 28.4. The number of fused-ring (bicyclic) bond motifs is 1. The predicted octanol–water partition coefficient (Wildman–Crippen LogP) is 8.29. The van der Waals surface area contributed by atoms with E-state index < -0.39 is 65.3 Å². The van der Waals surface area contributed by atoms with E-state index in [0.717, 1.165) is 16.9 Å². The summed E-state index contributed by atoms with van der Waals surface area (Å²) in [5.41, 5.74) is -4.54. The Kier molecular flexibility index (Phi) is 11.2. The fraction of sp³-hybridized carbons (Fsp3) is 0.559. The van der Waals surface area contributed by atoms with Crippen molar-refractivity contribution < 1.29 is 53.8 Å². The van der Waals surface area contributed by atoms with Gasteiger partial charge in [0.05, 0.1) is 36.4 Å². The van der Waals surface area contributed by atoms with E-state index in [2.05, 4.69) is 15.4 Å². The van der Waals surface area contributed by atoms with Crippen molar-refractivity contribution in [2.75, 3.05) is 16.4 Å². The Labute approximate surface area is 293 Å². The first-order chi connectivity index (χ1) is 24.3. The van der Waals surface area contributed by atoms with Crippen LogP contribution in [-0.2, 0) is 46.4 Å². The van der Waals surface area contributed by atoms with Gasteiger partial charge in [0.25, 0.3) is 5.95 Å². The largest absolute Gasteiger partial charge is 0.466 e. The predicted molar refractivity (Wildman–Crippen MR) is 168 cm³/mol. The lowest BCUT2D eigenvalue weighted by Gasteiger charge is -2.46. The maximum atomic E-state index is 14.2. The van der Waals surface area contributed by atoms with Gasteiger partial charge in [0.2, 0.25) is 5.91 Å². The van der Waals surface area contributed by atoms with Crippen LogP contribution in [-0.4, -0.2) is 44.7 Å². The Morgan fingerprint density at radius 2 is 1.48 bits per heavy atom. The van der Waals surface area contributed by atoms with Gasteiger partial charge in [-0.3, -0.25) is 9.59 Å². The molecule has 3 aromatic rings. The molecule has 0 unspecified atom stereocenters. The van der Waals surface area contributed by atoms with Crippen LogP contribution >= 0.6 is 0 Å². The number of ether oxygens (including phenoxy) is 1. The number of aryl methyl sites for hydroxylation is 1. The number of nitrogens with zero attached hydrogens (tertiary/aromatic N) is 6. The molecule has 1 amide bonds. The first-order valence-electron chi connectivity index (χ1n) is 16.8. The van der Waals surface area contributed by atoms with Crippen molar-refractivity contribution in [3.05, 3.63) is 64.2 Å². The third kappa shape index (κ3) is 8.62. The number of aromatic nitrogens is 4. The standard InChI is InChI=1S/C34H37F9N6O3/c1-4-25-17-28(48(31-44-46-47(3)45-31)18-20-12-23(33(38,39)40)15-24(13-20)34(41,42)43)26-16-22(32(35,36)37)10-11-27(26)49(25)30(51)21-8-6-19(7-9-21)14-29(50)52-5-2/h10-13,15-16,19,21,25,28H,4-9,14,17-18H2,1-3H3/t19?,21?,25-,28+/m1/s1. The fourth-order valence-electron chi connectivity index (χ4n) is 7.13. The summed E-state index contributed by atoms with van der Waals surface area (Å²) in [7, 11) is 1.37. The number of tetrazole rings is 1. The first-order valence-corrected chi connectivity index (χ1v) is 16.8. The normalized spacial score (nSPS) is 21.1. The molecule has 2 aromatic carbocycles. The number of alkyl halides is 9. The summed E-state index contributed by atoms with van der Waals surface area (Å²) in [5, 5.41) is 11.8. The van der Waals surface area contributed by atoms with Crippen molar-refractivity contribution in [3.63, 3.8) is 0 Å². The van der Waals surface area contributed by atoms with Crippen LogP contribution in [0.25, 0.3) is 0 Å². The number of hydrogen-bond acceptors (Lipinski definition) is 7. The van der Waals surface area contributed by atoms with Crippen LogP contribution in [0.5, 0.6) is 0 Å². The SMILES string of the molecule is CCOC(=O)CC1CCC(C(=O)N2c3ccc(C(F)(F)F)cc3[C@@H](N(Cc3cc(C(F)(F)F)cc(C(F)(F)F)c3)c3nnn(C)n3)C[C@H]2CC)CC1. The van der Waals surface area contributed by atoms with Crippen molar-refractivity contribution >= 4 is 23.5 Å². The number of anilines is 2. The van der Waals surface area contributed by atoms with Crippen molar-refractivity contribution in [1.82, 2.24) is 20.2 Å². The van der Waals surface area contributed by atoms with Crippen LogP contribution in [0.2, 0.25) is 0 Å². The average molecular weight is 749 g/mol. The van der Waals surface area contributed by atoms with Gasteiger partial charge in [-0.05, 0) is 104 Å². The first kappa shape index (κ1) is 38.8. The maximum Gasteiger partial charge on any atom is 0.416 e. The third-order valence-corrected chi connectivity index (χ3v) is 9.63. The second-order valence-corrected chi connectivity index (χ2v) is 13.1. The molecule has 0 radical (unpaired) electrons. The Bertz CT molecular complexity index is 1720. The van der Waals surface area contributed by atoms with Gasteiger partial charge >= 0.3 is 24.5 Å². The number of esters is 1. The van der Waals surface area contributed by atoms with E-state index in [1.54, 1.807) is 13.8 Å². The summed E-state index contributed by atoms with van der Waals surface area (Å²) in [5.74, 6) is -1.39. The summed E-state index contributed by atoms with van der Waals surface area (Å²) in [4.78, 5) is 30.0. The monoisotopic (exact) mass is 748 g/mol. The molecule has 1 aromatic heterocycles. The van der Waals surface area contributed by atoms with Crippen LogP contribution in [0.15, 0.2) is 36.4 Å². The minimum absolute atomic E-state index is 0.0130. The van der Waals surface area contributed by atoms with Crippen LogP contribution in [0.3, 0.4) is 0 Å². The lowest BCUT2D eigenvalue weighted by molar-refractivity contribution is -0.145. The molecule has 1 aliphatic heterocycles. The molecule has 0 N–H and O–H groups in total. The smallest absolute Gasteiger partial charge is 0.416 e. The van der Waals surface area contributed by atoms with Gasteiger partial charge in [0.1, 0.15) is 0 Å². The Morgan fingerprint density at radius 1 is 0.865 bits per heavy atom. The molecule has 1 saturated carbocycles. The van der Waals surface area contributed by atoms with E-state index >= 15 is 0 Å².